The fourth-order valence-corrected chi connectivity index (χ4v) is 3.11. The van der Waals surface area contributed by atoms with Gasteiger partial charge in [0, 0.05) is 13.1 Å². The standard InChI is InChI=1S/C18H34N4O2/c1-14(2)18(4,13-19)20-17(24)12-21(5)11-16-6-8-22(9-7-16)10-15(3)23/h14-16,23H,6-12H2,1-5H3,(H,20,24)/t15-,18+/m1/s1. The van der Waals surface area contributed by atoms with Gasteiger partial charge in [-0.3, -0.25) is 9.69 Å². The Bertz CT molecular complexity index is 439. The van der Waals surface area contributed by atoms with Crippen LogP contribution in [0.4, 0.5) is 0 Å². The maximum atomic E-state index is 12.2. The molecule has 0 aliphatic carbocycles. The summed E-state index contributed by atoms with van der Waals surface area (Å²) in [6.45, 7) is 11.4. The highest BCUT2D eigenvalue weighted by atomic mass is 16.3. The van der Waals surface area contributed by atoms with Crippen molar-refractivity contribution in [2.75, 3.05) is 39.8 Å². The van der Waals surface area contributed by atoms with Crippen molar-refractivity contribution >= 4 is 5.91 Å². The SMILES string of the molecule is CC(C)[C@](C)(C#N)NC(=O)CN(C)CC1CCN(C[C@@H](C)O)CC1. The number of β-amino-alcohol motifs (C(OH)–C–C–N with tert-alkyl or cyclic N) is 1. The van der Waals surface area contributed by atoms with Gasteiger partial charge in [-0.2, -0.15) is 5.26 Å². The summed E-state index contributed by atoms with van der Waals surface area (Å²) in [5.41, 5.74) is -0.815. The normalized spacial score (nSPS) is 20.6. The van der Waals surface area contributed by atoms with E-state index in [1.165, 1.54) is 0 Å². The van der Waals surface area contributed by atoms with Crippen LogP contribution in [0.3, 0.4) is 0 Å². The number of nitrogens with zero attached hydrogens (tertiary/aromatic N) is 3. The van der Waals surface area contributed by atoms with Crippen LogP contribution in [0, 0.1) is 23.2 Å². The first kappa shape index (κ1) is 20.9. The first-order valence-corrected chi connectivity index (χ1v) is 8.97. The number of aliphatic hydroxyl groups excluding tert-OH is 1. The van der Waals surface area contributed by atoms with Gasteiger partial charge in [0.15, 0.2) is 0 Å². The molecule has 0 aromatic rings. The molecular weight excluding hydrogens is 304 g/mol. The molecule has 2 N–H and O–H groups in total. The highest BCUT2D eigenvalue weighted by molar-refractivity contribution is 5.79. The van der Waals surface area contributed by atoms with Crippen LogP contribution in [0.15, 0.2) is 0 Å². The second kappa shape index (κ2) is 9.36. The zero-order valence-corrected chi connectivity index (χ0v) is 15.9. The highest BCUT2D eigenvalue weighted by Gasteiger charge is 2.30. The van der Waals surface area contributed by atoms with Crippen molar-refractivity contribution in [1.82, 2.24) is 15.1 Å². The van der Waals surface area contributed by atoms with E-state index in [9.17, 15) is 15.2 Å². The third-order valence-corrected chi connectivity index (χ3v) is 5.00. The molecule has 0 aromatic carbocycles. The largest absolute Gasteiger partial charge is 0.392 e. The molecule has 24 heavy (non-hydrogen) atoms. The lowest BCUT2D eigenvalue weighted by atomic mass is 9.90. The number of rotatable bonds is 8. The van der Waals surface area contributed by atoms with Gasteiger partial charge in [-0.15, -0.1) is 0 Å². The summed E-state index contributed by atoms with van der Waals surface area (Å²) in [6.07, 6.45) is 1.92. The van der Waals surface area contributed by atoms with Crippen LogP contribution < -0.4 is 5.32 Å². The van der Waals surface area contributed by atoms with Crippen molar-refractivity contribution in [3.8, 4) is 6.07 Å². The summed E-state index contributed by atoms with van der Waals surface area (Å²) in [5, 5.41) is 21.6. The first-order valence-electron chi connectivity index (χ1n) is 8.97. The number of hydrogen-bond donors (Lipinski definition) is 2. The predicted molar refractivity (Wildman–Crippen MR) is 95.3 cm³/mol. The maximum absolute atomic E-state index is 12.2. The van der Waals surface area contributed by atoms with E-state index in [0.29, 0.717) is 12.5 Å². The van der Waals surface area contributed by atoms with Gasteiger partial charge >= 0.3 is 0 Å². The number of nitriles is 1. The molecule has 6 nitrogen and oxygen atoms in total. The Hall–Kier alpha value is -1.16. The Morgan fingerprint density at radius 2 is 2.00 bits per heavy atom. The Kier molecular flexibility index (Phi) is 8.14. The van der Waals surface area contributed by atoms with Crippen LogP contribution >= 0.6 is 0 Å². The number of carbonyl (C=O) groups is 1. The van der Waals surface area contributed by atoms with Crippen LogP contribution in [-0.4, -0.2) is 72.2 Å². The van der Waals surface area contributed by atoms with Gasteiger partial charge in [-0.1, -0.05) is 13.8 Å². The number of amides is 1. The number of piperidine rings is 1. The summed E-state index contributed by atoms with van der Waals surface area (Å²) in [4.78, 5) is 16.6. The van der Waals surface area contributed by atoms with E-state index >= 15 is 0 Å². The summed E-state index contributed by atoms with van der Waals surface area (Å²) >= 11 is 0. The molecule has 1 amide bonds. The summed E-state index contributed by atoms with van der Waals surface area (Å²) < 4.78 is 0. The minimum Gasteiger partial charge on any atom is -0.392 e. The third-order valence-electron chi connectivity index (χ3n) is 5.00. The average Bonchev–Trinajstić information content (AvgIpc) is 2.48. The fourth-order valence-electron chi connectivity index (χ4n) is 3.11. The van der Waals surface area contributed by atoms with Crippen molar-refractivity contribution in [2.45, 2.75) is 52.2 Å². The summed E-state index contributed by atoms with van der Waals surface area (Å²) in [6, 6.07) is 2.21. The van der Waals surface area contributed by atoms with Crippen LogP contribution in [0.25, 0.3) is 0 Å². The molecule has 0 bridgehead atoms. The van der Waals surface area contributed by atoms with Crippen LogP contribution in [0.1, 0.15) is 40.5 Å². The van der Waals surface area contributed by atoms with Crippen molar-refractivity contribution in [3.05, 3.63) is 0 Å². The lowest BCUT2D eigenvalue weighted by molar-refractivity contribution is -0.123. The highest BCUT2D eigenvalue weighted by Crippen LogP contribution is 2.18. The molecule has 1 fully saturated rings. The minimum atomic E-state index is -0.815. The molecule has 1 aliphatic heterocycles. The van der Waals surface area contributed by atoms with Crippen molar-refractivity contribution in [2.24, 2.45) is 11.8 Å². The number of likely N-dealkylation sites (N-methyl/N-ethyl adjacent to an activating group) is 1. The van der Waals surface area contributed by atoms with E-state index in [1.54, 1.807) is 6.92 Å². The molecular formula is C18H34N4O2. The first-order chi connectivity index (χ1) is 11.2. The van der Waals surface area contributed by atoms with Crippen molar-refractivity contribution in [1.29, 1.82) is 5.26 Å². The molecule has 0 radical (unpaired) electrons. The van der Waals surface area contributed by atoms with Crippen LogP contribution in [0.2, 0.25) is 0 Å². The van der Waals surface area contributed by atoms with Crippen molar-refractivity contribution < 1.29 is 9.90 Å². The molecule has 1 aliphatic rings. The van der Waals surface area contributed by atoms with Gasteiger partial charge in [-0.25, -0.2) is 0 Å². The van der Waals surface area contributed by atoms with E-state index in [4.69, 9.17) is 0 Å². The molecule has 0 saturated carbocycles. The second-order valence-corrected chi connectivity index (χ2v) is 7.81. The molecule has 138 valence electrons. The van der Waals surface area contributed by atoms with E-state index < -0.39 is 5.54 Å². The zero-order chi connectivity index (χ0) is 18.3. The van der Waals surface area contributed by atoms with Gasteiger partial charge in [0.2, 0.25) is 5.91 Å². The van der Waals surface area contributed by atoms with Crippen LogP contribution in [-0.2, 0) is 4.79 Å². The topological polar surface area (TPSA) is 79.6 Å². The quantitative estimate of drug-likeness (QED) is 0.692. The average molecular weight is 338 g/mol. The second-order valence-electron chi connectivity index (χ2n) is 7.81. The van der Waals surface area contributed by atoms with E-state index in [-0.39, 0.29) is 17.9 Å². The molecule has 1 saturated heterocycles. The molecule has 2 atom stereocenters. The van der Waals surface area contributed by atoms with E-state index in [1.807, 2.05) is 32.7 Å². The lowest BCUT2D eigenvalue weighted by Gasteiger charge is -2.34. The van der Waals surface area contributed by atoms with Crippen molar-refractivity contribution in [3.63, 3.8) is 0 Å². The fraction of sp³-hybridized carbons (Fsp3) is 0.889. The molecule has 0 unspecified atom stereocenters. The smallest absolute Gasteiger partial charge is 0.235 e. The Morgan fingerprint density at radius 1 is 1.42 bits per heavy atom. The molecule has 1 rings (SSSR count). The molecule has 0 spiro atoms. The number of carbonyl (C=O) groups excluding carboxylic acids is 1. The minimum absolute atomic E-state index is 0.0648. The predicted octanol–water partition coefficient (Wildman–Crippen LogP) is 1.07. The number of hydrogen-bond acceptors (Lipinski definition) is 5. The van der Waals surface area contributed by atoms with E-state index in [0.717, 1.165) is 39.0 Å². The number of likely N-dealkylation sites (tertiary alicyclic amines) is 1. The summed E-state index contributed by atoms with van der Waals surface area (Å²) in [7, 11) is 1.96. The van der Waals surface area contributed by atoms with Gasteiger partial charge in [0.25, 0.3) is 0 Å². The third kappa shape index (κ3) is 6.76. The molecule has 6 heteroatoms. The maximum Gasteiger partial charge on any atom is 0.235 e. The van der Waals surface area contributed by atoms with Crippen LogP contribution in [0.5, 0.6) is 0 Å². The Labute approximate surface area is 146 Å². The zero-order valence-electron chi connectivity index (χ0n) is 15.9. The number of nitrogens with one attached hydrogen (secondary N) is 1. The van der Waals surface area contributed by atoms with E-state index in [2.05, 4.69) is 16.3 Å². The Morgan fingerprint density at radius 3 is 2.46 bits per heavy atom. The Balaban J connectivity index is 2.35. The molecule has 1 heterocycles. The van der Waals surface area contributed by atoms with Gasteiger partial charge in [0.1, 0.15) is 5.54 Å². The number of aliphatic hydroxyl groups is 1. The van der Waals surface area contributed by atoms with Gasteiger partial charge < -0.3 is 15.3 Å². The van der Waals surface area contributed by atoms with Gasteiger partial charge in [-0.05, 0) is 58.7 Å². The monoisotopic (exact) mass is 338 g/mol. The lowest BCUT2D eigenvalue weighted by Crippen LogP contribution is -2.52. The molecule has 0 aromatic heterocycles. The summed E-state index contributed by atoms with van der Waals surface area (Å²) in [5.74, 6) is 0.553. The van der Waals surface area contributed by atoms with Gasteiger partial charge in [0.05, 0.1) is 18.7 Å².